The van der Waals surface area contributed by atoms with Crippen molar-refractivity contribution in [2.24, 2.45) is 0 Å². The van der Waals surface area contributed by atoms with Crippen LogP contribution in [0.3, 0.4) is 0 Å². The standard InChI is InChI=1S/C19H26N2O2.ClH/c1-11-6-13-8-18(23-17(13)7-12(11)2)19(22)21(3)16-9-14-4-5-15(10-16)20-14;/h6-7,14-16,18,20H,4-5,8-10H2,1-3H3;1H. The fourth-order valence-corrected chi connectivity index (χ4v) is 4.40. The van der Waals surface area contributed by atoms with Gasteiger partial charge in [0.05, 0.1) is 0 Å². The van der Waals surface area contributed by atoms with Crippen LogP contribution >= 0.6 is 12.4 Å². The monoisotopic (exact) mass is 350 g/mol. The van der Waals surface area contributed by atoms with Crippen LogP contribution < -0.4 is 10.1 Å². The van der Waals surface area contributed by atoms with E-state index in [2.05, 4.69) is 31.3 Å². The molecule has 24 heavy (non-hydrogen) atoms. The van der Waals surface area contributed by atoms with E-state index in [0.717, 1.165) is 18.6 Å². The molecule has 5 heteroatoms. The highest BCUT2D eigenvalue weighted by Gasteiger charge is 2.39. The van der Waals surface area contributed by atoms with Crippen LogP contribution in [0.1, 0.15) is 42.4 Å². The third kappa shape index (κ3) is 3.02. The van der Waals surface area contributed by atoms with E-state index in [1.165, 1.54) is 29.5 Å². The molecule has 3 unspecified atom stereocenters. The highest BCUT2D eigenvalue weighted by molar-refractivity contribution is 5.85. The van der Waals surface area contributed by atoms with Crippen LogP contribution in [0, 0.1) is 13.8 Å². The normalized spacial score (nSPS) is 30.3. The molecule has 0 aromatic heterocycles. The second kappa shape index (κ2) is 6.57. The molecular weight excluding hydrogens is 324 g/mol. The summed E-state index contributed by atoms with van der Waals surface area (Å²) in [6.45, 7) is 4.20. The summed E-state index contributed by atoms with van der Waals surface area (Å²) in [5, 5.41) is 3.64. The van der Waals surface area contributed by atoms with Crippen LogP contribution in [0.4, 0.5) is 0 Å². The number of carbonyl (C=O) groups is 1. The maximum atomic E-state index is 12.9. The second-order valence-electron chi connectivity index (χ2n) is 7.57. The van der Waals surface area contributed by atoms with Gasteiger partial charge in [-0.1, -0.05) is 6.07 Å². The zero-order chi connectivity index (χ0) is 16.1. The number of ether oxygens (including phenoxy) is 1. The lowest BCUT2D eigenvalue weighted by Crippen LogP contribution is -2.51. The van der Waals surface area contributed by atoms with E-state index in [1.54, 1.807) is 0 Å². The Labute approximate surface area is 150 Å². The Bertz CT molecular complexity index is 605. The molecule has 0 spiro atoms. The number of nitrogens with one attached hydrogen (secondary N) is 1. The lowest BCUT2D eigenvalue weighted by Gasteiger charge is -2.36. The Kier molecular flexibility index (Phi) is 4.80. The van der Waals surface area contributed by atoms with Gasteiger partial charge in [-0.05, 0) is 62.3 Å². The number of benzene rings is 1. The molecule has 2 fully saturated rings. The van der Waals surface area contributed by atoms with Gasteiger partial charge in [0.15, 0.2) is 6.10 Å². The molecule has 0 radical (unpaired) electrons. The summed E-state index contributed by atoms with van der Waals surface area (Å²) in [5.74, 6) is 1.04. The minimum atomic E-state index is -0.344. The van der Waals surface area contributed by atoms with Crippen molar-refractivity contribution >= 4 is 18.3 Å². The van der Waals surface area contributed by atoms with Crippen molar-refractivity contribution in [1.29, 1.82) is 0 Å². The van der Waals surface area contributed by atoms with Gasteiger partial charge >= 0.3 is 0 Å². The van der Waals surface area contributed by atoms with Gasteiger partial charge in [0.2, 0.25) is 0 Å². The Morgan fingerprint density at radius 1 is 1.17 bits per heavy atom. The lowest BCUT2D eigenvalue weighted by atomic mass is 9.97. The summed E-state index contributed by atoms with van der Waals surface area (Å²) >= 11 is 0. The summed E-state index contributed by atoms with van der Waals surface area (Å²) in [7, 11) is 1.96. The maximum Gasteiger partial charge on any atom is 0.263 e. The SMILES string of the molecule is Cc1cc2c(cc1C)OC(C(=O)N(C)C1CC3CCC(C1)N3)C2.Cl. The molecular formula is C19H27ClN2O2. The Morgan fingerprint density at radius 3 is 2.46 bits per heavy atom. The summed E-state index contributed by atoms with van der Waals surface area (Å²) in [6, 6.07) is 5.80. The molecule has 3 heterocycles. The molecule has 4 rings (SSSR count). The van der Waals surface area contributed by atoms with Crippen LogP contribution in [-0.4, -0.2) is 42.1 Å². The minimum absolute atomic E-state index is 0. The van der Waals surface area contributed by atoms with E-state index in [0.29, 0.717) is 24.5 Å². The van der Waals surface area contributed by atoms with Crippen LogP contribution in [0.25, 0.3) is 0 Å². The van der Waals surface area contributed by atoms with Gasteiger partial charge in [-0.3, -0.25) is 4.79 Å². The predicted molar refractivity (Wildman–Crippen MR) is 97.0 cm³/mol. The summed E-state index contributed by atoms with van der Waals surface area (Å²) in [4.78, 5) is 14.9. The lowest BCUT2D eigenvalue weighted by molar-refractivity contribution is -0.139. The van der Waals surface area contributed by atoms with Crippen LogP contribution in [0.5, 0.6) is 5.75 Å². The smallest absolute Gasteiger partial charge is 0.263 e. The Morgan fingerprint density at radius 2 is 1.79 bits per heavy atom. The molecule has 2 saturated heterocycles. The van der Waals surface area contributed by atoms with Crippen molar-refractivity contribution in [3.63, 3.8) is 0 Å². The number of rotatable bonds is 2. The van der Waals surface area contributed by atoms with E-state index in [-0.39, 0.29) is 24.4 Å². The summed E-state index contributed by atoms with van der Waals surface area (Å²) in [5.41, 5.74) is 3.66. The number of piperidine rings is 1. The number of halogens is 1. The van der Waals surface area contributed by atoms with Gasteiger partial charge in [0, 0.05) is 31.6 Å². The average molecular weight is 351 g/mol. The molecule has 132 valence electrons. The highest BCUT2D eigenvalue weighted by Crippen LogP contribution is 2.34. The topological polar surface area (TPSA) is 41.6 Å². The maximum absolute atomic E-state index is 12.9. The van der Waals surface area contributed by atoms with Crippen LogP contribution in [0.15, 0.2) is 12.1 Å². The molecule has 3 aliphatic heterocycles. The number of carbonyl (C=O) groups excluding carboxylic acids is 1. The van der Waals surface area contributed by atoms with Crippen molar-refractivity contribution in [1.82, 2.24) is 10.2 Å². The van der Waals surface area contributed by atoms with Crippen LogP contribution in [0.2, 0.25) is 0 Å². The van der Waals surface area contributed by atoms with E-state index in [9.17, 15) is 4.79 Å². The number of likely N-dealkylation sites (N-methyl/N-ethyl adjacent to an activating group) is 1. The molecule has 0 saturated carbocycles. The third-order valence-corrected chi connectivity index (χ3v) is 5.97. The van der Waals surface area contributed by atoms with Gasteiger partial charge in [0.25, 0.3) is 5.91 Å². The first-order valence-electron chi connectivity index (χ1n) is 8.80. The molecule has 1 aromatic carbocycles. The van der Waals surface area contributed by atoms with Crippen molar-refractivity contribution in [2.45, 2.75) is 70.2 Å². The third-order valence-electron chi connectivity index (χ3n) is 5.97. The number of amides is 1. The summed E-state index contributed by atoms with van der Waals surface area (Å²) in [6.07, 6.45) is 5.04. The zero-order valence-corrected chi connectivity index (χ0v) is 15.5. The number of fused-ring (bicyclic) bond motifs is 3. The van der Waals surface area contributed by atoms with Crippen LogP contribution in [-0.2, 0) is 11.2 Å². The summed E-state index contributed by atoms with van der Waals surface area (Å²) < 4.78 is 5.98. The van der Waals surface area contributed by atoms with Crippen molar-refractivity contribution in [3.8, 4) is 5.75 Å². The van der Waals surface area contributed by atoms with Gasteiger partial charge in [-0.2, -0.15) is 0 Å². The molecule has 0 aliphatic carbocycles. The molecule has 1 N–H and O–H groups in total. The van der Waals surface area contributed by atoms with E-state index in [4.69, 9.17) is 4.74 Å². The zero-order valence-electron chi connectivity index (χ0n) is 14.7. The number of hydrogen-bond acceptors (Lipinski definition) is 3. The molecule has 2 bridgehead atoms. The largest absolute Gasteiger partial charge is 0.480 e. The van der Waals surface area contributed by atoms with E-state index >= 15 is 0 Å². The first-order valence-corrected chi connectivity index (χ1v) is 8.80. The quantitative estimate of drug-likeness (QED) is 0.891. The minimum Gasteiger partial charge on any atom is -0.480 e. The van der Waals surface area contributed by atoms with Crippen molar-refractivity contribution in [2.75, 3.05) is 7.05 Å². The predicted octanol–water partition coefficient (Wildman–Crippen LogP) is 2.77. The fourth-order valence-electron chi connectivity index (χ4n) is 4.40. The van der Waals surface area contributed by atoms with Gasteiger partial charge in [0.1, 0.15) is 5.75 Å². The molecule has 1 aromatic rings. The Balaban J connectivity index is 0.00000169. The molecule has 4 nitrogen and oxygen atoms in total. The Hall–Kier alpha value is -1.26. The number of aryl methyl sites for hydroxylation is 2. The number of hydrogen-bond donors (Lipinski definition) is 1. The van der Waals surface area contributed by atoms with Crippen molar-refractivity contribution in [3.05, 3.63) is 28.8 Å². The molecule has 3 atom stereocenters. The first-order chi connectivity index (χ1) is 11.0. The van der Waals surface area contributed by atoms with Gasteiger partial charge in [-0.15, -0.1) is 12.4 Å². The van der Waals surface area contributed by atoms with Gasteiger partial charge in [-0.25, -0.2) is 0 Å². The molecule has 3 aliphatic rings. The van der Waals surface area contributed by atoms with E-state index < -0.39 is 0 Å². The van der Waals surface area contributed by atoms with Gasteiger partial charge < -0.3 is 15.0 Å². The highest BCUT2D eigenvalue weighted by atomic mass is 35.5. The second-order valence-corrected chi connectivity index (χ2v) is 7.57. The van der Waals surface area contributed by atoms with E-state index in [1.807, 2.05) is 11.9 Å². The fraction of sp³-hybridized carbons (Fsp3) is 0.632. The van der Waals surface area contributed by atoms with Crippen molar-refractivity contribution < 1.29 is 9.53 Å². The molecule has 1 amide bonds. The number of nitrogens with zero attached hydrogens (tertiary/aromatic N) is 1. The average Bonchev–Trinajstić information content (AvgIpc) is 3.09. The first kappa shape index (κ1) is 17.6.